The van der Waals surface area contributed by atoms with Gasteiger partial charge in [0.05, 0.1) is 5.56 Å². The minimum atomic E-state index is -4.54. The number of benzene rings is 1. The van der Waals surface area contributed by atoms with Gasteiger partial charge in [0.25, 0.3) is 10.1 Å². The van der Waals surface area contributed by atoms with Crippen LogP contribution >= 0.6 is 0 Å². The van der Waals surface area contributed by atoms with Crippen molar-refractivity contribution in [3.05, 3.63) is 53.9 Å². The fraction of sp³-hybridized carbons (Fsp3) is 0. The smallest absolute Gasteiger partial charge is 0.295 e. The molecule has 3 N–H and O–H groups in total. The minimum Gasteiger partial charge on any atom is -0.398 e. The Morgan fingerprint density at radius 2 is 1.89 bits per heavy atom. The van der Waals surface area contributed by atoms with Gasteiger partial charge in [-0.05, 0) is 24.3 Å². The maximum atomic E-state index is 12.2. The summed E-state index contributed by atoms with van der Waals surface area (Å²) in [5, 5.41) is 0. The van der Waals surface area contributed by atoms with Gasteiger partial charge in [-0.15, -0.1) is 0 Å². The normalized spacial score (nSPS) is 11.2. The predicted molar refractivity (Wildman–Crippen MR) is 68.3 cm³/mol. The molecular weight excluding hydrogens is 268 g/mol. The lowest BCUT2D eigenvalue weighted by atomic mass is 10.1. The van der Waals surface area contributed by atoms with E-state index < -0.39 is 20.8 Å². The van der Waals surface area contributed by atoms with E-state index in [2.05, 4.69) is 4.98 Å². The van der Waals surface area contributed by atoms with Crippen molar-refractivity contribution < 1.29 is 17.8 Å². The number of aromatic nitrogens is 1. The molecule has 0 fully saturated rings. The minimum absolute atomic E-state index is 0.0363. The van der Waals surface area contributed by atoms with Crippen LogP contribution in [0.2, 0.25) is 0 Å². The van der Waals surface area contributed by atoms with Crippen LogP contribution in [0.5, 0.6) is 0 Å². The highest BCUT2D eigenvalue weighted by Crippen LogP contribution is 2.24. The zero-order chi connectivity index (χ0) is 14.0. The summed E-state index contributed by atoms with van der Waals surface area (Å²) in [5.41, 5.74) is 5.37. The van der Waals surface area contributed by atoms with Crippen molar-refractivity contribution in [3.63, 3.8) is 0 Å². The second-order valence-corrected chi connectivity index (χ2v) is 5.13. The van der Waals surface area contributed by atoms with Crippen LogP contribution in [-0.2, 0) is 10.1 Å². The average molecular weight is 278 g/mol. The van der Waals surface area contributed by atoms with Gasteiger partial charge >= 0.3 is 0 Å². The first kappa shape index (κ1) is 13.2. The molecule has 6 nitrogen and oxygen atoms in total. The van der Waals surface area contributed by atoms with Crippen molar-refractivity contribution in [3.8, 4) is 0 Å². The van der Waals surface area contributed by atoms with Gasteiger partial charge in [0.15, 0.2) is 0 Å². The lowest BCUT2D eigenvalue weighted by Crippen LogP contribution is -2.13. The Bertz CT molecular complexity index is 727. The van der Waals surface area contributed by atoms with Crippen molar-refractivity contribution >= 4 is 21.6 Å². The van der Waals surface area contributed by atoms with E-state index in [4.69, 9.17) is 10.3 Å². The molecule has 1 aromatic carbocycles. The summed E-state index contributed by atoms with van der Waals surface area (Å²) in [4.78, 5) is 15.5. The van der Waals surface area contributed by atoms with E-state index in [1.165, 1.54) is 24.4 Å². The van der Waals surface area contributed by atoms with E-state index in [0.717, 1.165) is 6.07 Å². The van der Waals surface area contributed by atoms with Gasteiger partial charge in [-0.2, -0.15) is 8.42 Å². The Morgan fingerprint density at radius 3 is 2.47 bits per heavy atom. The molecule has 98 valence electrons. The number of rotatable bonds is 3. The summed E-state index contributed by atoms with van der Waals surface area (Å²) in [6.45, 7) is 0. The quantitative estimate of drug-likeness (QED) is 0.495. The number of anilines is 1. The molecule has 7 heteroatoms. The second-order valence-electron chi connectivity index (χ2n) is 3.74. The van der Waals surface area contributed by atoms with E-state index in [1.807, 2.05) is 0 Å². The molecule has 0 spiro atoms. The van der Waals surface area contributed by atoms with Crippen molar-refractivity contribution in [1.82, 2.24) is 4.98 Å². The summed E-state index contributed by atoms with van der Waals surface area (Å²) in [7, 11) is -4.54. The van der Waals surface area contributed by atoms with Crippen LogP contribution in [0.1, 0.15) is 16.1 Å². The summed E-state index contributed by atoms with van der Waals surface area (Å²) in [5.74, 6) is -0.661. The molecule has 2 aromatic rings. The van der Waals surface area contributed by atoms with E-state index in [-0.39, 0.29) is 16.9 Å². The monoisotopic (exact) mass is 278 g/mol. The molecule has 0 aliphatic rings. The van der Waals surface area contributed by atoms with Gasteiger partial charge in [-0.1, -0.05) is 12.1 Å². The van der Waals surface area contributed by atoms with Crippen molar-refractivity contribution in [2.24, 2.45) is 0 Å². The third kappa shape index (κ3) is 2.61. The van der Waals surface area contributed by atoms with Gasteiger partial charge < -0.3 is 5.73 Å². The van der Waals surface area contributed by atoms with E-state index in [9.17, 15) is 13.2 Å². The molecule has 0 amide bonds. The molecule has 0 saturated heterocycles. The Labute approximate surface area is 109 Å². The molecular formula is C12H10N2O4S. The number of ketones is 1. The van der Waals surface area contributed by atoms with Gasteiger partial charge in [0.2, 0.25) is 5.78 Å². The van der Waals surface area contributed by atoms with Gasteiger partial charge in [-0.25, -0.2) is 0 Å². The average Bonchev–Trinajstić information content (AvgIpc) is 2.37. The summed E-state index contributed by atoms with van der Waals surface area (Å²) in [6, 6.07) is 8.48. The van der Waals surface area contributed by atoms with Gasteiger partial charge in [-0.3, -0.25) is 14.3 Å². The molecule has 0 bridgehead atoms. The molecule has 0 unspecified atom stereocenters. The highest BCUT2D eigenvalue weighted by atomic mass is 32.2. The Morgan fingerprint density at radius 1 is 1.16 bits per heavy atom. The lowest BCUT2D eigenvalue weighted by molar-refractivity contribution is 0.103. The molecule has 0 radical (unpaired) electrons. The van der Waals surface area contributed by atoms with E-state index in [1.54, 1.807) is 12.1 Å². The van der Waals surface area contributed by atoms with Crippen molar-refractivity contribution in [1.29, 1.82) is 0 Å². The number of hydrogen-bond donors (Lipinski definition) is 2. The lowest BCUT2D eigenvalue weighted by Gasteiger charge is -2.08. The zero-order valence-corrected chi connectivity index (χ0v) is 10.5. The number of hydrogen-bond acceptors (Lipinski definition) is 5. The maximum absolute atomic E-state index is 12.2. The van der Waals surface area contributed by atoms with Crippen molar-refractivity contribution in [2.75, 3.05) is 5.73 Å². The van der Waals surface area contributed by atoms with Crippen LogP contribution in [0.4, 0.5) is 5.69 Å². The van der Waals surface area contributed by atoms with E-state index >= 15 is 0 Å². The van der Waals surface area contributed by atoms with Crippen LogP contribution in [0, 0.1) is 0 Å². The standard InChI is InChI=1S/C12H10N2O4S/c13-8-4-3-6-10(19(16,17)18)11(8)12(15)9-5-1-2-7-14-9/h1-7H,13H2,(H,16,17,18). The summed E-state index contributed by atoms with van der Waals surface area (Å²) < 4.78 is 31.7. The highest BCUT2D eigenvalue weighted by molar-refractivity contribution is 7.86. The van der Waals surface area contributed by atoms with Crippen LogP contribution in [0.15, 0.2) is 47.5 Å². The first-order valence-corrected chi connectivity index (χ1v) is 6.67. The summed E-state index contributed by atoms with van der Waals surface area (Å²) >= 11 is 0. The van der Waals surface area contributed by atoms with Crippen LogP contribution < -0.4 is 5.73 Å². The molecule has 0 atom stereocenters. The Kier molecular flexibility index (Phi) is 3.32. The first-order valence-electron chi connectivity index (χ1n) is 5.23. The number of nitrogen functional groups attached to an aromatic ring is 1. The van der Waals surface area contributed by atoms with Crippen LogP contribution in [0.3, 0.4) is 0 Å². The molecule has 0 saturated carbocycles. The fourth-order valence-corrected chi connectivity index (χ4v) is 2.35. The molecule has 19 heavy (non-hydrogen) atoms. The van der Waals surface area contributed by atoms with E-state index in [0.29, 0.717) is 0 Å². The van der Waals surface area contributed by atoms with Crippen molar-refractivity contribution in [2.45, 2.75) is 4.90 Å². The fourth-order valence-electron chi connectivity index (χ4n) is 1.63. The number of carbonyl (C=O) groups excluding carboxylic acids is 1. The third-order valence-corrected chi connectivity index (χ3v) is 3.36. The number of nitrogens with two attached hydrogens (primary N) is 1. The summed E-state index contributed by atoms with van der Waals surface area (Å²) in [6.07, 6.45) is 1.40. The molecule has 0 aliphatic carbocycles. The zero-order valence-electron chi connectivity index (χ0n) is 9.65. The second kappa shape index (κ2) is 4.79. The Balaban J connectivity index is 2.67. The number of nitrogens with zero attached hydrogens (tertiary/aromatic N) is 1. The topological polar surface area (TPSA) is 110 Å². The van der Waals surface area contributed by atoms with Gasteiger partial charge in [0, 0.05) is 11.9 Å². The molecule has 2 rings (SSSR count). The third-order valence-electron chi connectivity index (χ3n) is 2.46. The SMILES string of the molecule is Nc1cccc(S(=O)(=O)O)c1C(=O)c1ccccn1. The number of pyridine rings is 1. The predicted octanol–water partition coefficient (Wildman–Crippen LogP) is 1.14. The maximum Gasteiger partial charge on any atom is 0.295 e. The highest BCUT2D eigenvalue weighted by Gasteiger charge is 2.24. The number of carbonyl (C=O) groups is 1. The van der Waals surface area contributed by atoms with Gasteiger partial charge in [0.1, 0.15) is 10.6 Å². The van der Waals surface area contributed by atoms with Crippen LogP contribution in [0.25, 0.3) is 0 Å². The molecule has 0 aliphatic heterocycles. The largest absolute Gasteiger partial charge is 0.398 e. The molecule has 1 aromatic heterocycles. The molecule has 1 heterocycles. The Hall–Kier alpha value is -2.25. The first-order chi connectivity index (χ1) is 8.91. The van der Waals surface area contributed by atoms with Crippen LogP contribution in [-0.4, -0.2) is 23.7 Å².